The Hall–Kier alpha value is -0.770. The minimum atomic E-state index is -0.792. The second-order valence-electron chi connectivity index (χ2n) is 4.55. The van der Waals surface area contributed by atoms with E-state index < -0.39 is 4.87 Å². The average Bonchev–Trinajstić information content (AvgIpc) is 2.64. The van der Waals surface area contributed by atoms with Gasteiger partial charge >= 0.3 is 11.9 Å². The second kappa shape index (κ2) is 2.67. The summed E-state index contributed by atoms with van der Waals surface area (Å²) < 4.78 is 10.2. The Balaban J connectivity index is 1.74. The van der Waals surface area contributed by atoms with E-state index in [1.54, 1.807) is 0 Å². The summed E-state index contributed by atoms with van der Waals surface area (Å²) in [5, 5.41) is 0. The normalized spacial score (nSPS) is 49.9. The Morgan fingerprint density at radius 2 is 2.47 bits per heavy atom. The van der Waals surface area contributed by atoms with Gasteiger partial charge < -0.3 is 9.47 Å². The zero-order chi connectivity index (χ0) is 10.8. The third kappa shape index (κ3) is 1.03. The van der Waals surface area contributed by atoms with Crippen LogP contribution in [0.15, 0.2) is 0 Å². The fourth-order valence-corrected chi connectivity index (χ4v) is 3.63. The van der Waals surface area contributed by atoms with Crippen molar-refractivity contribution in [3.8, 4) is 0 Å². The number of ether oxygens (including phenoxy) is 2. The summed E-state index contributed by atoms with van der Waals surface area (Å²) in [5.41, 5.74) is 0. The van der Waals surface area contributed by atoms with Crippen molar-refractivity contribution in [2.24, 2.45) is 17.8 Å². The Morgan fingerprint density at radius 3 is 3.07 bits per heavy atom. The number of hydrogen-bond acceptors (Lipinski definition) is 4. The van der Waals surface area contributed by atoms with Crippen molar-refractivity contribution < 1.29 is 19.1 Å². The van der Waals surface area contributed by atoms with E-state index in [0.29, 0.717) is 6.61 Å². The molecule has 5 heteroatoms. The molecule has 0 radical (unpaired) electrons. The lowest BCUT2D eigenvalue weighted by atomic mass is 9.94. The predicted octanol–water partition coefficient (Wildman–Crippen LogP) is 0.718. The van der Waals surface area contributed by atoms with Gasteiger partial charge in [0.2, 0.25) is 0 Å². The van der Waals surface area contributed by atoms with Gasteiger partial charge in [-0.15, -0.1) is 11.6 Å². The van der Waals surface area contributed by atoms with Gasteiger partial charge in [-0.2, -0.15) is 0 Å². The summed E-state index contributed by atoms with van der Waals surface area (Å²) in [6.07, 6.45) is 0.735. The van der Waals surface area contributed by atoms with Crippen molar-refractivity contribution in [3.63, 3.8) is 0 Å². The van der Waals surface area contributed by atoms with Crippen LogP contribution in [-0.4, -0.2) is 29.5 Å². The molecule has 4 bridgehead atoms. The molecule has 0 aromatic rings. The SMILES string of the molecule is CC(=O)OCC1C2CC3C1C3(Cl)C(=O)O2. The molecule has 4 aliphatic rings. The molecule has 15 heavy (non-hydrogen) atoms. The smallest absolute Gasteiger partial charge is 0.328 e. The minimum Gasteiger partial charge on any atom is -0.465 e. The number of rotatable bonds is 2. The maximum absolute atomic E-state index is 11.4. The second-order valence-corrected chi connectivity index (χ2v) is 5.17. The molecular weight excluding hydrogens is 220 g/mol. The number of esters is 2. The van der Waals surface area contributed by atoms with E-state index >= 15 is 0 Å². The van der Waals surface area contributed by atoms with Crippen LogP contribution in [0.4, 0.5) is 0 Å². The van der Waals surface area contributed by atoms with E-state index in [1.165, 1.54) is 6.92 Å². The van der Waals surface area contributed by atoms with E-state index in [0.717, 1.165) is 6.42 Å². The van der Waals surface area contributed by atoms with Crippen LogP contribution in [-0.2, 0) is 19.1 Å². The predicted molar refractivity (Wildman–Crippen MR) is 50.2 cm³/mol. The van der Waals surface area contributed by atoms with Crippen molar-refractivity contribution in [3.05, 3.63) is 0 Å². The molecule has 0 spiro atoms. The van der Waals surface area contributed by atoms with Gasteiger partial charge in [0.1, 0.15) is 11.0 Å². The maximum Gasteiger partial charge on any atom is 0.328 e. The fraction of sp³-hybridized carbons (Fsp3) is 0.800. The van der Waals surface area contributed by atoms with E-state index in [4.69, 9.17) is 21.1 Å². The zero-order valence-electron chi connectivity index (χ0n) is 8.23. The molecule has 2 aliphatic heterocycles. The summed E-state index contributed by atoms with van der Waals surface area (Å²) in [6, 6.07) is 0. The Morgan fingerprint density at radius 1 is 1.73 bits per heavy atom. The van der Waals surface area contributed by atoms with E-state index in [9.17, 15) is 9.59 Å². The summed E-state index contributed by atoms with van der Waals surface area (Å²) in [4.78, 5) is 21.3. The van der Waals surface area contributed by atoms with Crippen LogP contribution in [0.25, 0.3) is 0 Å². The molecule has 4 rings (SSSR count). The molecule has 0 amide bonds. The lowest BCUT2D eigenvalue weighted by Crippen LogP contribution is -2.44. The van der Waals surface area contributed by atoms with Crippen LogP contribution in [0, 0.1) is 17.8 Å². The standard InChI is InChI=1S/C10H11ClO4/c1-4(12)14-3-5-7-2-6-8(5)10(6,11)9(13)15-7/h5-8H,2-3H2,1H3. The van der Waals surface area contributed by atoms with Crippen LogP contribution in [0.3, 0.4) is 0 Å². The first-order valence-corrected chi connectivity index (χ1v) is 5.46. The number of carbonyl (C=O) groups is 2. The number of carbonyl (C=O) groups excluding carboxylic acids is 2. The molecule has 0 aromatic carbocycles. The third-order valence-corrected chi connectivity index (χ3v) is 4.51. The van der Waals surface area contributed by atoms with Gasteiger partial charge in [0.25, 0.3) is 0 Å². The van der Waals surface area contributed by atoms with E-state index in [-0.39, 0.29) is 35.8 Å². The molecule has 2 heterocycles. The van der Waals surface area contributed by atoms with Crippen molar-refractivity contribution in [1.29, 1.82) is 0 Å². The van der Waals surface area contributed by atoms with Crippen molar-refractivity contribution >= 4 is 23.5 Å². The van der Waals surface area contributed by atoms with Crippen LogP contribution < -0.4 is 0 Å². The molecule has 4 nitrogen and oxygen atoms in total. The largest absolute Gasteiger partial charge is 0.465 e. The molecule has 5 unspecified atom stereocenters. The van der Waals surface area contributed by atoms with Crippen LogP contribution in [0.2, 0.25) is 0 Å². The first-order valence-electron chi connectivity index (χ1n) is 5.08. The molecule has 2 aliphatic carbocycles. The van der Waals surface area contributed by atoms with Crippen molar-refractivity contribution in [2.75, 3.05) is 6.61 Å². The van der Waals surface area contributed by atoms with Gasteiger partial charge in [0, 0.05) is 18.8 Å². The highest BCUT2D eigenvalue weighted by molar-refractivity contribution is 6.37. The fourth-order valence-electron chi connectivity index (χ4n) is 3.11. The molecule has 0 aromatic heterocycles. The monoisotopic (exact) mass is 230 g/mol. The van der Waals surface area contributed by atoms with Crippen molar-refractivity contribution in [1.82, 2.24) is 0 Å². The van der Waals surface area contributed by atoms with Gasteiger partial charge in [-0.1, -0.05) is 0 Å². The van der Waals surface area contributed by atoms with Gasteiger partial charge in [-0.05, 0) is 12.3 Å². The lowest BCUT2D eigenvalue weighted by Gasteiger charge is -2.32. The van der Waals surface area contributed by atoms with E-state index in [1.807, 2.05) is 0 Å². The van der Waals surface area contributed by atoms with Gasteiger partial charge in [0.05, 0.1) is 6.61 Å². The number of halogens is 1. The highest BCUT2D eigenvalue weighted by Gasteiger charge is 2.80. The molecule has 2 saturated heterocycles. The molecule has 4 fully saturated rings. The van der Waals surface area contributed by atoms with Gasteiger partial charge in [0.15, 0.2) is 0 Å². The molecule has 5 atom stereocenters. The first kappa shape index (κ1) is 9.46. The molecule has 2 saturated carbocycles. The van der Waals surface area contributed by atoms with Gasteiger partial charge in [-0.25, -0.2) is 0 Å². The van der Waals surface area contributed by atoms with Gasteiger partial charge in [-0.3, -0.25) is 9.59 Å². The maximum atomic E-state index is 11.4. The van der Waals surface area contributed by atoms with Crippen LogP contribution in [0.5, 0.6) is 0 Å². The first-order chi connectivity index (χ1) is 7.05. The topological polar surface area (TPSA) is 52.6 Å². The summed E-state index contributed by atoms with van der Waals surface area (Å²) in [5.74, 6) is -0.0794. The van der Waals surface area contributed by atoms with E-state index in [2.05, 4.69) is 0 Å². The average molecular weight is 231 g/mol. The minimum absolute atomic E-state index is 0.0903. The molecule has 82 valence electrons. The Labute approximate surface area is 91.9 Å². The zero-order valence-corrected chi connectivity index (χ0v) is 8.99. The molecule has 0 N–H and O–H groups in total. The Bertz CT molecular complexity index is 355. The summed E-state index contributed by atoms with van der Waals surface area (Å²) >= 11 is 6.18. The highest BCUT2D eigenvalue weighted by atomic mass is 35.5. The highest BCUT2D eigenvalue weighted by Crippen LogP contribution is 2.71. The number of alkyl halides is 1. The summed E-state index contributed by atoms with van der Waals surface area (Å²) in [7, 11) is 0. The Kier molecular flexibility index (Phi) is 1.68. The third-order valence-electron chi connectivity index (χ3n) is 3.82. The van der Waals surface area contributed by atoms with Crippen LogP contribution >= 0.6 is 11.6 Å². The van der Waals surface area contributed by atoms with Crippen LogP contribution in [0.1, 0.15) is 13.3 Å². The quantitative estimate of drug-likeness (QED) is 0.518. The number of fused-ring (bicyclic) bond motifs is 1. The van der Waals surface area contributed by atoms with Crippen molar-refractivity contribution in [2.45, 2.75) is 24.3 Å². The lowest BCUT2D eigenvalue weighted by molar-refractivity contribution is -0.164. The molecular formula is C10H11ClO4. The number of hydrogen-bond donors (Lipinski definition) is 0. The summed E-state index contributed by atoms with van der Waals surface area (Å²) in [6.45, 7) is 1.70.